The lowest BCUT2D eigenvalue weighted by molar-refractivity contribution is 0.0362. The van der Waals surface area contributed by atoms with Crippen LogP contribution in [0.2, 0.25) is 0 Å². The van der Waals surface area contributed by atoms with E-state index in [0.29, 0.717) is 19.4 Å². The fraction of sp³-hybridized carbons (Fsp3) is 0.240. The van der Waals surface area contributed by atoms with Gasteiger partial charge in [0.2, 0.25) is 0 Å². The van der Waals surface area contributed by atoms with E-state index in [1.54, 1.807) is 0 Å². The average Bonchev–Trinajstić information content (AvgIpc) is 2.78. The molecule has 0 spiro atoms. The summed E-state index contributed by atoms with van der Waals surface area (Å²) in [4.78, 5) is 4.99. The van der Waals surface area contributed by atoms with Gasteiger partial charge < -0.3 is 4.74 Å². The number of aliphatic imine (C=N–C) groups is 1. The van der Waals surface area contributed by atoms with E-state index in [4.69, 9.17) is 14.3 Å². The lowest BCUT2D eigenvalue weighted by Gasteiger charge is -2.26. The Morgan fingerprint density at radius 1 is 0.968 bits per heavy atom. The molecule has 1 heterocycles. The second-order valence-corrected chi connectivity index (χ2v) is 9.19. The molecule has 3 aromatic carbocycles. The predicted octanol–water partition coefficient (Wildman–Crippen LogP) is 5.14. The number of fused-ring (bicyclic) bond motifs is 1. The third-order valence-electron chi connectivity index (χ3n) is 5.37. The van der Waals surface area contributed by atoms with Gasteiger partial charge in [-0.3, -0.25) is 4.55 Å². The highest BCUT2D eigenvalue weighted by Crippen LogP contribution is 2.33. The molecular weight excluding hydrogens is 410 g/mol. The topological polar surface area (TPSA) is 76.0 Å². The Bertz CT molecular complexity index is 1120. The zero-order valence-electron chi connectivity index (χ0n) is 17.1. The van der Waals surface area contributed by atoms with Gasteiger partial charge in [-0.1, -0.05) is 66.7 Å². The maximum absolute atomic E-state index is 11.0. The van der Waals surface area contributed by atoms with Crippen LogP contribution in [0.4, 0.5) is 5.69 Å². The first-order valence-electron chi connectivity index (χ1n) is 10.4. The van der Waals surface area contributed by atoms with Crippen molar-refractivity contribution in [3.8, 4) is 0 Å². The average molecular weight is 436 g/mol. The standard InChI is InChI=1S/C25H25NO4S/c27-31(28,29)17-7-12-24-23-14-13-22(18-21(23)15-16-30-24)26-25(19-8-3-1-4-9-19)20-10-5-2-6-11-20/h1-6,8-11,13-14,18,24H,7,12,15-17H2,(H,27,28,29)/t24-/m0/s1. The summed E-state index contributed by atoms with van der Waals surface area (Å²) in [5, 5.41) is 0. The smallest absolute Gasteiger partial charge is 0.264 e. The van der Waals surface area contributed by atoms with Gasteiger partial charge in [-0.2, -0.15) is 8.42 Å². The molecule has 0 unspecified atom stereocenters. The Labute approximate surface area is 183 Å². The normalized spacial score (nSPS) is 15.8. The maximum Gasteiger partial charge on any atom is 0.264 e. The molecule has 3 aromatic rings. The molecular formula is C25H25NO4S. The first-order valence-corrected chi connectivity index (χ1v) is 12.0. The molecule has 0 radical (unpaired) electrons. The molecule has 1 aliphatic rings. The molecule has 0 amide bonds. The van der Waals surface area contributed by atoms with Crippen LogP contribution in [0, 0.1) is 0 Å². The molecule has 0 aliphatic carbocycles. The van der Waals surface area contributed by atoms with Crippen LogP contribution < -0.4 is 0 Å². The van der Waals surface area contributed by atoms with Gasteiger partial charge in [-0.15, -0.1) is 0 Å². The van der Waals surface area contributed by atoms with Crippen LogP contribution in [-0.4, -0.2) is 31.0 Å². The van der Waals surface area contributed by atoms with Crippen molar-refractivity contribution in [3.05, 3.63) is 101 Å². The minimum atomic E-state index is -3.95. The highest BCUT2D eigenvalue weighted by atomic mass is 32.2. The lowest BCUT2D eigenvalue weighted by atomic mass is 9.94. The highest BCUT2D eigenvalue weighted by Gasteiger charge is 2.22. The van der Waals surface area contributed by atoms with Gasteiger partial charge >= 0.3 is 0 Å². The van der Waals surface area contributed by atoms with Crippen molar-refractivity contribution < 1.29 is 17.7 Å². The van der Waals surface area contributed by atoms with Crippen LogP contribution in [-0.2, 0) is 21.3 Å². The zero-order chi connectivity index (χ0) is 21.7. The third-order valence-corrected chi connectivity index (χ3v) is 6.17. The van der Waals surface area contributed by atoms with Crippen molar-refractivity contribution >= 4 is 21.5 Å². The Morgan fingerprint density at radius 3 is 2.23 bits per heavy atom. The van der Waals surface area contributed by atoms with E-state index in [0.717, 1.165) is 34.5 Å². The van der Waals surface area contributed by atoms with Crippen LogP contribution >= 0.6 is 0 Å². The van der Waals surface area contributed by atoms with E-state index in [-0.39, 0.29) is 11.9 Å². The second kappa shape index (κ2) is 9.56. The Hall–Kier alpha value is -2.80. The largest absolute Gasteiger partial charge is 0.373 e. The van der Waals surface area contributed by atoms with Crippen LogP contribution in [0.5, 0.6) is 0 Å². The molecule has 1 N–H and O–H groups in total. The van der Waals surface area contributed by atoms with Crippen molar-refractivity contribution in [2.45, 2.75) is 25.4 Å². The van der Waals surface area contributed by atoms with E-state index in [1.807, 2.05) is 48.5 Å². The Balaban J connectivity index is 1.63. The molecule has 5 nitrogen and oxygen atoms in total. The molecule has 1 aliphatic heterocycles. The molecule has 0 aromatic heterocycles. The fourth-order valence-electron chi connectivity index (χ4n) is 3.90. The number of hydrogen-bond donors (Lipinski definition) is 1. The summed E-state index contributed by atoms with van der Waals surface area (Å²) >= 11 is 0. The first kappa shape index (κ1) is 21.4. The van der Waals surface area contributed by atoms with Crippen LogP contribution in [0.25, 0.3) is 0 Å². The summed E-state index contributed by atoms with van der Waals surface area (Å²) in [6, 6.07) is 26.4. The molecule has 0 saturated carbocycles. The van der Waals surface area contributed by atoms with E-state index in [9.17, 15) is 8.42 Å². The predicted molar refractivity (Wildman–Crippen MR) is 123 cm³/mol. The van der Waals surface area contributed by atoms with Crippen molar-refractivity contribution in [1.29, 1.82) is 0 Å². The zero-order valence-corrected chi connectivity index (χ0v) is 18.0. The number of nitrogens with zero attached hydrogens (tertiary/aromatic N) is 1. The molecule has 1 atom stereocenters. The molecule has 0 bridgehead atoms. The Morgan fingerprint density at radius 2 is 1.61 bits per heavy atom. The molecule has 0 saturated heterocycles. The lowest BCUT2D eigenvalue weighted by Crippen LogP contribution is -2.17. The van der Waals surface area contributed by atoms with Crippen LogP contribution in [0.15, 0.2) is 83.9 Å². The van der Waals surface area contributed by atoms with Crippen molar-refractivity contribution in [3.63, 3.8) is 0 Å². The second-order valence-electron chi connectivity index (χ2n) is 7.61. The van der Waals surface area contributed by atoms with E-state index in [1.165, 1.54) is 5.56 Å². The van der Waals surface area contributed by atoms with Gasteiger partial charge in [0.05, 0.1) is 29.9 Å². The molecule has 31 heavy (non-hydrogen) atoms. The first-order chi connectivity index (χ1) is 15.0. The van der Waals surface area contributed by atoms with Crippen LogP contribution in [0.1, 0.15) is 41.2 Å². The van der Waals surface area contributed by atoms with Gasteiger partial charge in [0, 0.05) is 11.1 Å². The summed E-state index contributed by atoms with van der Waals surface area (Å²) in [6.45, 7) is 0.584. The van der Waals surface area contributed by atoms with Crippen LogP contribution in [0.3, 0.4) is 0 Å². The molecule has 0 fully saturated rings. The fourth-order valence-corrected chi connectivity index (χ4v) is 4.43. The van der Waals surface area contributed by atoms with E-state index >= 15 is 0 Å². The minimum absolute atomic E-state index is 0.161. The monoisotopic (exact) mass is 435 g/mol. The van der Waals surface area contributed by atoms with Gasteiger partial charge in [-0.25, -0.2) is 4.99 Å². The quantitative estimate of drug-likeness (QED) is 0.412. The highest BCUT2D eigenvalue weighted by molar-refractivity contribution is 7.85. The van der Waals surface area contributed by atoms with Crippen molar-refractivity contribution in [2.24, 2.45) is 4.99 Å². The Kier molecular flexibility index (Phi) is 6.61. The van der Waals surface area contributed by atoms with Gasteiger partial charge in [0.15, 0.2) is 0 Å². The summed E-state index contributed by atoms with van der Waals surface area (Å²) < 4.78 is 36.8. The summed E-state index contributed by atoms with van der Waals surface area (Å²) in [7, 11) is -3.95. The maximum atomic E-state index is 11.0. The number of ether oxygens (including phenoxy) is 1. The summed E-state index contributed by atoms with van der Waals surface area (Å²) in [5.41, 5.74) is 6.14. The molecule has 4 rings (SSSR count). The number of benzene rings is 3. The van der Waals surface area contributed by atoms with Gasteiger partial charge in [0.25, 0.3) is 10.1 Å². The summed E-state index contributed by atoms with van der Waals surface area (Å²) in [5.74, 6) is -0.248. The molecule has 6 heteroatoms. The number of rotatable bonds is 7. The minimum Gasteiger partial charge on any atom is -0.373 e. The van der Waals surface area contributed by atoms with Crippen molar-refractivity contribution in [1.82, 2.24) is 0 Å². The van der Waals surface area contributed by atoms with E-state index < -0.39 is 10.1 Å². The summed E-state index contributed by atoms with van der Waals surface area (Å²) in [6.07, 6.45) is 1.54. The third kappa shape index (κ3) is 5.67. The van der Waals surface area contributed by atoms with Gasteiger partial charge in [0.1, 0.15) is 0 Å². The number of hydrogen-bond acceptors (Lipinski definition) is 4. The molecule has 160 valence electrons. The van der Waals surface area contributed by atoms with Crippen molar-refractivity contribution in [2.75, 3.05) is 12.4 Å². The van der Waals surface area contributed by atoms with Gasteiger partial charge in [-0.05, 0) is 42.5 Å². The van der Waals surface area contributed by atoms with E-state index in [2.05, 4.69) is 30.3 Å². The SMILES string of the molecule is O=S(=O)(O)CCC[C@@H]1OCCc2cc(N=C(c3ccccc3)c3ccccc3)ccc21.